The molecule has 1 amide bonds. The molecule has 2 aliphatic rings. The van der Waals surface area contributed by atoms with Crippen LogP contribution in [0.4, 0.5) is 4.79 Å². The molecule has 3 heteroatoms. The van der Waals surface area contributed by atoms with Crippen molar-refractivity contribution < 1.29 is 9.53 Å². The van der Waals surface area contributed by atoms with Crippen molar-refractivity contribution >= 4 is 11.8 Å². The van der Waals surface area contributed by atoms with Gasteiger partial charge in [-0.2, -0.15) is 4.99 Å². The molecule has 0 N–H and O–H groups in total. The minimum Gasteiger partial charge on any atom is -0.442 e. The smallest absolute Gasteiger partial charge is 0.434 e. The fraction of sp³-hybridized carbons (Fsp3) is 0.778. The van der Waals surface area contributed by atoms with Crippen molar-refractivity contribution in [3.8, 4) is 0 Å². The van der Waals surface area contributed by atoms with Crippen LogP contribution in [0, 0.1) is 5.92 Å². The zero-order valence-corrected chi connectivity index (χ0v) is 7.08. The SMILES string of the molecule is O=C1N=C(C2CCCCC2)CO1. The summed E-state index contributed by atoms with van der Waals surface area (Å²) < 4.78 is 4.78. The fourth-order valence-electron chi connectivity index (χ4n) is 1.96. The highest BCUT2D eigenvalue weighted by Gasteiger charge is 2.24. The molecule has 0 radical (unpaired) electrons. The molecule has 2 rings (SSSR count). The van der Waals surface area contributed by atoms with Crippen LogP contribution >= 0.6 is 0 Å². The first kappa shape index (κ1) is 7.77. The van der Waals surface area contributed by atoms with Crippen molar-refractivity contribution in [1.82, 2.24) is 0 Å². The number of aliphatic imine (C=N–C) groups is 1. The van der Waals surface area contributed by atoms with Gasteiger partial charge in [-0.1, -0.05) is 19.3 Å². The van der Waals surface area contributed by atoms with Crippen molar-refractivity contribution in [1.29, 1.82) is 0 Å². The number of hydrogen-bond acceptors (Lipinski definition) is 2. The first-order valence-electron chi connectivity index (χ1n) is 4.60. The van der Waals surface area contributed by atoms with Crippen molar-refractivity contribution in [2.45, 2.75) is 32.1 Å². The Hall–Kier alpha value is -0.860. The maximum absolute atomic E-state index is 10.7. The Bertz CT molecular complexity index is 217. The van der Waals surface area contributed by atoms with Gasteiger partial charge in [0.2, 0.25) is 0 Å². The fourth-order valence-corrected chi connectivity index (χ4v) is 1.96. The number of carbonyl (C=O) groups excluding carboxylic acids is 1. The van der Waals surface area contributed by atoms with E-state index in [4.69, 9.17) is 4.74 Å². The van der Waals surface area contributed by atoms with Gasteiger partial charge < -0.3 is 4.74 Å². The third-order valence-electron chi connectivity index (χ3n) is 2.65. The molecule has 1 heterocycles. The lowest BCUT2D eigenvalue weighted by Gasteiger charge is -2.20. The molecular formula is C9H13NO2. The van der Waals surface area contributed by atoms with Crippen LogP contribution < -0.4 is 0 Å². The molecule has 0 saturated heterocycles. The van der Waals surface area contributed by atoms with Gasteiger partial charge in [0.15, 0.2) is 0 Å². The van der Waals surface area contributed by atoms with Crippen molar-refractivity contribution in [2.75, 3.05) is 6.61 Å². The Morgan fingerprint density at radius 3 is 2.58 bits per heavy atom. The average Bonchev–Trinajstić information content (AvgIpc) is 2.54. The topological polar surface area (TPSA) is 38.7 Å². The summed E-state index contributed by atoms with van der Waals surface area (Å²) in [7, 11) is 0. The van der Waals surface area contributed by atoms with Gasteiger partial charge in [-0.25, -0.2) is 4.79 Å². The summed E-state index contributed by atoms with van der Waals surface area (Å²) in [5.41, 5.74) is 0.986. The van der Waals surface area contributed by atoms with Crippen LogP contribution in [-0.4, -0.2) is 18.4 Å². The van der Waals surface area contributed by atoms with Gasteiger partial charge in [-0.05, 0) is 12.8 Å². The summed E-state index contributed by atoms with van der Waals surface area (Å²) in [6, 6.07) is 0. The van der Waals surface area contributed by atoms with E-state index in [1.807, 2.05) is 0 Å². The minimum absolute atomic E-state index is 0.393. The average molecular weight is 167 g/mol. The highest BCUT2D eigenvalue weighted by Crippen LogP contribution is 2.26. The van der Waals surface area contributed by atoms with Crippen LogP contribution in [0.1, 0.15) is 32.1 Å². The number of ether oxygens (including phenoxy) is 1. The van der Waals surface area contributed by atoms with Crippen molar-refractivity contribution in [2.24, 2.45) is 10.9 Å². The van der Waals surface area contributed by atoms with Crippen LogP contribution in [0.15, 0.2) is 4.99 Å². The molecule has 1 aliphatic carbocycles. The van der Waals surface area contributed by atoms with Gasteiger partial charge in [-0.3, -0.25) is 0 Å². The zero-order chi connectivity index (χ0) is 8.39. The summed E-state index contributed by atoms with van der Waals surface area (Å²) in [5, 5.41) is 0. The minimum atomic E-state index is -0.393. The Labute approximate surface area is 71.8 Å². The van der Waals surface area contributed by atoms with E-state index in [1.165, 1.54) is 32.1 Å². The van der Waals surface area contributed by atoms with Gasteiger partial charge in [0.25, 0.3) is 0 Å². The number of hydrogen-bond donors (Lipinski definition) is 0. The monoisotopic (exact) mass is 167 g/mol. The standard InChI is InChI=1S/C9H13NO2/c11-9-10-8(6-12-9)7-4-2-1-3-5-7/h7H,1-6H2. The van der Waals surface area contributed by atoms with Crippen LogP contribution in [0.3, 0.4) is 0 Å². The second-order valence-corrected chi connectivity index (χ2v) is 3.49. The second kappa shape index (κ2) is 3.25. The molecule has 0 bridgehead atoms. The summed E-state index contributed by atoms with van der Waals surface area (Å²) in [5.74, 6) is 0.533. The number of nitrogens with zero attached hydrogens (tertiary/aromatic N) is 1. The molecular weight excluding hydrogens is 154 g/mol. The van der Waals surface area contributed by atoms with Gasteiger partial charge >= 0.3 is 6.09 Å². The Morgan fingerprint density at radius 2 is 2.00 bits per heavy atom. The largest absolute Gasteiger partial charge is 0.442 e. The highest BCUT2D eigenvalue weighted by atomic mass is 16.6. The van der Waals surface area contributed by atoms with Crippen LogP contribution in [0.5, 0.6) is 0 Å². The van der Waals surface area contributed by atoms with E-state index in [1.54, 1.807) is 0 Å². The quantitative estimate of drug-likeness (QED) is 0.600. The summed E-state index contributed by atoms with van der Waals surface area (Å²) >= 11 is 0. The maximum Gasteiger partial charge on any atom is 0.434 e. The predicted molar refractivity (Wildman–Crippen MR) is 45.4 cm³/mol. The molecule has 0 unspecified atom stereocenters. The number of cyclic esters (lactones) is 1. The zero-order valence-electron chi connectivity index (χ0n) is 7.08. The molecule has 0 aromatic rings. The van der Waals surface area contributed by atoms with E-state index in [0.717, 1.165) is 5.71 Å². The summed E-state index contributed by atoms with van der Waals surface area (Å²) in [4.78, 5) is 14.6. The first-order chi connectivity index (χ1) is 5.86. The van der Waals surface area contributed by atoms with E-state index in [9.17, 15) is 4.79 Å². The Balaban J connectivity index is 1.99. The molecule has 1 saturated carbocycles. The number of amides is 1. The molecule has 0 aromatic heterocycles. The Morgan fingerprint density at radius 1 is 1.25 bits per heavy atom. The lowest BCUT2D eigenvalue weighted by Crippen LogP contribution is -2.18. The maximum atomic E-state index is 10.7. The summed E-state index contributed by atoms with van der Waals surface area (Å²) in [6.45, 7) is 0.448. The van der Waals surface area contributed by atoms with Gasteiger partial charge in [0.05, 0.1) is 5.71 Å². The van der Waals surface area contributed by atoms with Crippen LogP contribution in [0.25, 0.3) is 0 Å². The third-order valence-corrected chi connectivity index (χ3v) is 2.65. The number of carbonyl (C=O) groups is 1. The van der Waals surface area contributed by atoms with Gasteiger partial charge in [0.1, 0.15) is 6.61 Å². The molecule has 66 valence electrons. The van der Waals surface area contributed by atoms with E-state index < -0.39 is 6.09 Å². The predicted octanol–water partition coefficient (Wildman–Crippen LogP) is 2.16. The molecule has 0 atom stereocenters. The highest BCUT2D eigenvalue weighted by molar-refractivity contribution is 6.00. The number of rotatable bonds is 1. The van der Waals surface area contributed by atoms with Crippen LogP contribution in [-0.2, 0) is 4.74 Å². The van der Waals surface area contributed by atoms with Crippen molar-refractivity contribution in [3.63, 3.8) is 0 Å². The van der Waals surface area contributed by atoms with Gasteiger partial charge in [0, 0.05) is 5.92 Å². The van der Waals surface area contributed by atoms with Crippen LogP contribution in [0.2, 0.25) is 0 Å². The molecule has 12 heavy (non-hydrogen) atoms. The van der Waals surface area contributed by atoms with E-state index in [2.05, 4.69) is 4.99 Å². The van der Waals surface area contributed by atoms with Crippen molar-refractivity contribution in [3.05, 3.63) is 0 Å². The molecule has 1 aliphatic heterocycles. The Kier molecular flexibility index (Phi) is 2.11. The van der Waals surface area contributed by atoms with E-state index in [-0.39, 0.29) is 0 Å². The summed E-state index contributed by atoms with van der Waals surface area (Å²) in [6.07, 6.45) is 5.87. The molecule has 0 aromatic carbocycles. The molecule has 0 spiro atoms. The van der Waals surface area contributed by atoms with E-state index in [0.29, 0.717) is 12.5 Å². The molecule has 1 fully saturated rings. The first-order valence-corrected chi connectivity index (χ1v) is 4.60. The lowest BCUT2D eigenvalue weighted by atomic mass is 9.86. The van der Waals surface area contributed by atoms with Gasteiger partial charge in [-0.15, -0.1) is 0 Å². The lowest BCUT2D eigenvalue weighted by molar-refractivity contribution is 0.180. The van der Waals surface area contributed by atoms with E-state index >= 15 is 0 Å². The second-order valence-electron chi connectivity index (χ2n) is 3.49. The normalized spacial score (nSPS) is 25.3. The third kappa shape index (κ3) is 1.49. The molecule has 3 nitrogen and oxygen atoms in total.